The van der Waals surface area contributed by atoms with Gasteiger partial charge in [-0.3, -0.25) is 9.48 Å². The highest BCUT2D eigenvalue weighted by molar-refractivity contribution is 5.83. The number of hydrogen-bond acceptors (Lipinski definition) is 5. The highest BCUT2D eigenvalue weighted by atomic mass is 19.3. The fourth-order valence-electron chi connectivity index (χ4n) is 2.35. The van der Waals surface area contributed by atoms with Crippen LogP contribution in [-0.4, -0.2) is 36.5 Å². The lowest BCUT2D eigenvalue weighted by atomic mass is 10.1. The summed E-state index contributed by atoms with van der Waals surface area (Å²) >= 11 is 0. The Morgan fingerprint density at radius 2 is 2.16 bits per heavy atom. The molecule has 0 bridgehead atoms. The lowest BCUT2D eigenvalue weighted by molar-refractivity contribution is -0.123. The minimum atomic E-state index is -2.96. The zero-order valence-electron chi connectivity index (χ0n) is 14.1. The van der Waals surface area contributed by atoms with Crippen molar-refractivity contribution in [2.45, 2.75) is 19.2 Å². The quantitative estimate of drug-likeness (QED) is 0.753. The second-order valence-electron chi connectivity index (χ2n) is 5.24. The first kappa shape index (κ1) is 18.7. The average molecular weight is 354 g/mol. The molecular weight excluding hydrogens is 334 g/mol. The first-order valence-corrected chi connectivity index (χ1v) is 7.49. The van der Waals surface area contributed by atoms with Crippen LogP contribution < -0.4 is 20.1 Å². The molecule has 0 aliphatic heterocycles. The van der Waals surface area contributed by atoms with Gasteiger partial charge < -0.3 is 20.1 Å². The molecule has 2 N–H and O–H groups in total. The third kappa shape index (κ3) is 4.90. The second-order valence-corrected chi connectivity index (χ2v) is 5.24. The number of alkyl halides is 2. The van der Waals surface area contributed by atoms with Crippen LogP contribution in [0.2, 0.25) is 0 Å². The van der Waals surface area contributed by atoms with Gasteiger partial charge in [0.2, 0.25) is 5.91 Å². The molecule has 0 saturated carbocycles. The van der Waals surface area contributed by atoms with Gasteiger partial charge in [-0.15, -0.1) is 0 Å². The van der Waals surface area contributed by atoms with E-state index < -0.39 is 12.7 Å². The number of carbonyl (C=O) groups is 1. The molecule has 0 aliphatic carbocycles. The maximum atomic E-state index is 12.5. The summed E-state index contributed by atoms with van der Waals surface area (Å²) in [6.45, 7) is -2.94. The monoisotopic (exact) mass is 354 g/mol. The Balaban J connectivity index is 2.11. The van der Waals surface area contributed by atoms with Crippen LogP contribution in [0.3, 0.4) is 0 Å². The van der Waals surface area contributed by atoms with Crippen LogP contribution in [0.1, 0.15) is 17.2 Å². The number of nitrogens with one attached hydrogen (secondary N) is 2. The molecule has 7 nitrogen and oxygen atoms in total. The Morgan fingerprint density at radius 1 is 1.40 bits per heavy atom. The Labute approximate surface area is 143 Å². The normalized spacial score (nSPS) is 12.1. The van der Waals surface area contributed by atoms with Gasteiger partial charge in [0.15, 0.2) is 0 Å². The van der Waals surface area contributed by atoms with E-state index in [2.05, 4.69) is 20.5 Å². The highest BCUT2D eigenvalue weighted by Gasteiger charge is 2.20. The van der Waals surface area contributed by atoms with Crippen LogP contribution in [0.4, 0.5) is 8.78 Å². The minimum absolute atomic E-state index is 0.0104. The summed E-state index contributed by atoms with van der Waals surface area (Å²) in [6, 6.07) is 3.81. The van der Waals surface area contributed by atoms with Crippen molar-refractivity contribution in [2.24, 2.45) is 7.05 Å². The topological polar surface area (TPSA) is 77.4 Å². The highest BCUT2D eigenvalue weighted by Crippen LogP contribution is 2.26. The van der Waals surface area contributed by atoms with Crippen molar-refractivity contribution in [2.75, 3.05) is 14.2 Å². The van der Waals surface area contributed by atoms with Gasteiger partial charge in [0.25, 0.3) is 0 Å². The first-order valence-electron chi connectivity index (χ1n) is 7.49. The van der Waals surface area contributed by atoms with Gasteiger partial charge in [-0.2, -0.15) is 13.9 Å². The number of aryl methyl sites for hydroxylation is 1. The van der Waals surface area contributed by atoms with Crippen molar-refractivity contribution in [3.05, 3.63) is 41.7 Å². The van der Waals surface area contributed by atoms with Gasteiger partial charge >= 0.3 is 6.61 Å². The van der Waals surface area contributed by atoms with Gasteiger partial charge in [-0.25, -0.2) is 0 Å². The molecule has 1 unspecified atom stereocenters. The Hall–Kier alpha value is -2.68. The van der Waals surface area contributed by atoms with Gasteiger partial charge in [-0.1, -0.05) is 0 Å². The molecule has 136 valence electrons. The maximum Gasteiger partial charge on any atom is 0.387 e. The van der Waals surface area contributed by atoms with E-state index in [1.165, 1.54) is 25.3 Å². The number of nitrogens with zero attached hydrogens (tertiary/aromatic N) is 2. The summed E-state index contributed by atoms with van der Waals surface area (Å²) in [4.78, 5) is 12.4. The summed E-state index contributed by atoms with van der Waals surface area (Å²) in [6.07, 6.45) is 3.30. The standard InChI is InChI=1S/C16H20F2N4O3/c1-19-14(11-8-21-22(2)9-11)15(23)20-7-10-6-12(24-3)4-5-13(10)25-16(17)18/h4-6,8-9,14,16,19H,7H2,1-3H3,(H,20,23). The number of methoxy groups -OCH3 is 1. The lowest BCUT2D eigenvalue weighted by Gasteiger charge is -2.16. The van der Waals surface area contributed by atoms with Gasteiger partial charge in [-0.05, 0) is 25.2 Å². The van der Waals surface area contributed by atoms with Crippen LogP contribution in [-0.2, 0) is 18.4 Å². The summed E-state index contributed by atoms with van der Waals surface area (Å²) in [7, 11) is 4.86. The molecule has 25 heavy (non-hydrogen) atoms. The molecule has 1 aromatic carbocycles. The number of aromatic nitrogens is 2. The van der Waals surface area contributed by atoms with E-state index >= 15 is 0 Å². The SMILES string of the molecule is CNC(C(=O)NCc1cc(OC)ccc1OC(F)F)c1cnn(C)c1. The molecule has 0 aliphatic rings. The van der Waals surface area contributed by atoms with E-state index in [0.29, 0.717) is 16.9 Å². The summed E-state index contributed by atoms with van der Waals surface area (Å²) < 4.78 is 36.2. The largest absolute Gasteiger partial charge is 0.497 e. The van der Waals surface area contributed by atoms with Crippen LogP contribution in [0.5, 0.6) is 11.5 Å². The van der Waals surface area contributed by atoms with Crippen LogP contribution >= 0.6 is 0 Å². The number of likely N-dealkylation sites (N-methyl/N-ethyl adjacent to an activating group) is 1. The van der Waals surface area contributed by atoms with E-state index in [9.17, 15) is 13.6 Å². The predicted molar refractivity (Wildman–Crippen MR) is 86.5 cm³/mol. The summed E-state index contributed by atoms with van der Waals surface area (Å²) in [5.41, 5.74) is 1.08. The molecule has 2 aromatic rings. The zero-order valence-corrected chi connectivity index (χ0v) is 14.1. The van der Waals surface area contributed by atoms with E-state index in [0.717, 1.165) is 0 Å². The number of carbonyl (C=O) groups excluding carboxylic acids is 1. The van der Waals surface area contributed by atoms with Crippen molar-refractivity contribution in [1.82, 2.24) is 20.4 Å². The molecule has 0 saturated heterocycles. The van der Waals surface area contributed by atoms with E-state index in [4.69, 9.17) is 4.74 Å². The Bertz CT molecular complexity index is 721. The molecular formula is C16H20F2N4O3. The van der Waals surface area contributed by atoms with Gasteiger partial charge in [0.05, 0.1) is 13.3 Å². The molecule has 2 rings (SSSR count). The van der Waals surface area contributed by atoms with Crippen LogP contribution in [0, 0.1) is 0 Å². The lowest BCUT2D eigenvalue weighted by Crippen LogP contribution is -2.35. The van der Waals surface area contributed by atoms with Crippen molar-refractivity contribution >= 4 is 5.91 Å². The minimum Gasteiger partial charge on any atom is -0.497 e. The number of rotatable bonds is 8. The molecule has 0 spiro atoms. The third-order valence-electron chi connectivity index (χ3n) is 3.55. The van der Waals surface area contributed by atoms with E-state index in [1.807, 2.05) is 0 Å². The van der Waals surface area contributed by atoms with Crippen molar-refractivity contribution in [3.8, 4) is 11.5 Å². The number of benzene rings is 1. The molecule has 1 aromatic heterocycles. The average Bonchev–Trinajstić information content (AvgIpc) is 3.00. The third-order valence-corrected chi connectivity index (χ3v) is 3.55. The fraction of sp³-hybridized carbons (Fsp3) is 0.375. The van der Waals surface area contributed by atoms with Gasteiger partial charge in [0.1, 0.15) is 17.5 Å². The molecule has 0 fully saturated rings. The van der Waals surface area contributed by atoms with Crippen molar-refractivity contribution < 1.29 is 23.0 Å². The molecule has 1 atom stereocenters. The number of halogens is 2. The Kier molecular flexibility index (Phi) is 6.29. The molecule has 1 amide bonds. The predicted octanol–water partition coefficient (Wildman–Crippen LogP) is 1.61. The van der Waals surface area contributed by atoms with Crippen LogP contribution in [0.25, 0.3) is 0 Å². The molecule has 0 radical (unpaired) electrons. The van der Waals surface area contributed by atoms with E-state index in [-0.39, 0.29) is 18.2 Å². The van der Waals surface area contributed by atoms with Crippen LogP contribution in [0.15, 0.2) is 30.6 Å². The number of hydrogen-bond donors (Lipinski definition) is 2. The summed E-state index contributed by atoms with van der Waals surface area (Å²) in [5.74, 6) is 0.142. The van der Waals surface area contributed by atoms with E-state index in [1.54, 1.807) is 31.2 Å². The number of ether oxygens (including phenoxy) is 2. The molecule has 1 heterocycles. The van der Waals surface area contributed by atoms with Gasteiger partial charge in [0, 0.05) is 30.9 Å². The first-order chi connectivity index (χ1) is 11.9. The fourth-order valence-corrected chi connectivity index (χ4v) is 2.35. The second kappa shape index (κ2) is 8.43. The molecule has 9 heteroatoms. The van der Waals surface area contributed by atoms with Crippen molar-refractivity contribution in [3.63, 3.8) is 0 Å². The smallest absolute Gasteiger partial charge is 0.387 e. The Morgan fingerprint density at radius 3 is 2.72 bits per heavy atom. The summed E-state index contributed by atoms with van der Waals surface area (Å²) in [5, 5.41) is 9.63. The van der Waals surface area contributed by atoms with Crippen molar-refractivity contribution in [1.29, 1.82) is 0 Å². The number of amides is 1. The maximum absolute atomic E-state index is 12.5. The zero-order chi connectivity index (χ0) is 18.4.